The molecular formula is C12H10BrNO3. The molecule has 0 heterocycles. The normalized spacial score (nSPS) is 9.47. The molecule has 0 aliphatic carbocycles. The zero-order chi connectivity index (χ0) is 12.8. The van der Waals surface area contributed by atoms with Gasteiger partial charge in [-0.3, -0.25) is 9.59 Å². The number of aldehydes is 1. The number of nitriles is 1. The van der Waals surface area contributed by atoms with Crippen molar-refractivity contribution in [1.82, 2.24) is 0 Å². The van der Waals surface area contributed by atoms with E-state index < -0.39 is 5.97 Å². The van der Waals surface area contributed by atoms with Crippen LogP contribution in [0.1, 0.15) is 28.4 Å². The summed E-state index contributed by atoms with van der Waals surface area (Å²) in [7, 11) is 0. The highest BCUT2D eigenvalue weighted by Crippen LogP contribution is 2.21. The van der Waals surface area contributed by atoms with Crippen molar-refractivity contribution < 1.29 is 14.3 Å². The summed E-state index contributed by atoms with van der Waals surface area (Å²) in [5.74, 6) is -0.414. The van der Waals surface area contributed by atoms with Gasteiger partial charge in [-0.15, -0.1) is 0 Å². The first-order valence-corrected chi connectivity index (χ1v) is 5.75. The number of ether oxygens (including phenoxy) is 1. The Kier molecular flexibility index (Phi) is 4.85. The average Bonchev–Trinajstić information content (AvgIpc) is 2.31. The van der Waals surface area contributed by atoms with Crippen LogP contribution < -0.4 is 0 Å². The van der Waals surface area contributed by atoms with Gasteiger partial charge in [0.05, 0.1) is 24.7 Å². The van der Waals surface area contributed by atoms with E-state index in [0.717, 1.165) is 0 Å². The third-order valence-electron chi connectivity index (χ3n) is 2.11. The van der Waals surface area contributed by atoms with E-state index in [9.17, 15) is 9.59 Å². The minimum Gasteiger partial charge on any atom is -0.466 e. The molecule has 17 heavy (non-hydrogen) atoms. The lowest BCUT2D eigenvalue weighted by molar-refractivity contribution is -0.142. The van der Waals surface area contributed by atoms with Crippen molar-refractivity contribution >= 4 is 28.2 Å². The maximum absolute atomic E-state index is 11.3. The molecule has 1 aromatic rings. The van der Waals surface area contributed by atoms with E-state index in [1.165, 1.54) is 12.1 Å². The fraction of sp³-hybridized carbons (Fsp3) is 0.250. The Morgan fingerprint density at radius 2 is 2.29 bits per heavy atom. The number of carbonyl (C=O) groups is 2. The van der Waals surface area contributed by atoms with Crippen molar-refractivity contribution in [2.24, 2.45) is 0 Å². The van der Waals surface area contributed by atoms with Gasteiger partial charge >= 0.3 is 5.97 Å². The van der Waals surface area contributed by atoms with Crippen LogP contribution in [0.2, 0.25) is 0 Å². The number of hydrogen-bond donors (Lipinski definition) is 0. The summed E-state index contributed by atoms with van der Waals surface area (Å²) in [5.41, 5.74) is 1.26. The van der Waals surface area contributed by atoms with Crippen LogP contribution in [0.3, 0.4) is 0 Å². The smallest absolute Gasteiger partial charge is 0.310 e. The highest BCUT2D eigenvalue weighted by atomic mass is 79.9. The second-order valence-corrected chi connectivity index (χ2v) is 4.10. The first kappa shape index (κ1) is 13.4. The van der Waals surface area contributed by atoms with Crippen LogP contribution in [0.25, 0.3) is 0 Å². The van der Waals surface area contributed by atoms with Crippen LogP contribution in [-0.2, 0) is 16.0 Å². The molecule has 0 aliphatic rings. The molecule has 5 heteroatoms. The summed E-state index contributed by atoms with van der Waals surface area (Å²) in [5, 5.41) is 8.94. The van der Waals surface area contributed by atoms with Gasteiger partial charge in [0, 0.05) is 10.0 Å². The molecule has 0 aromatic heterocycles. The maximum Gasteiger partial charge on any atom is 0.310 e. The van der Waals surface area contributed by atoms with Gasteiger partial charge in [0.15, 0.2) is 6.29 Å². The van der Waals surface area contributed by atoms with Gasteiger partial charge < -0.3 is 4.74 Å². The number of hydrogen-bond acceptors (Lipinski definition) is 4. The van der Waals surface area contributed by atoms with E-state index in [1.54, 1.807) is 6.92 Å². The average molecular weight is 296 g/mol. The minimum atomic E-state index is -0.414. The molecule has 0 unspecified atom stereocenters. The second-order valence-electron chi connectivity index (χ2n) is 3.24. The maximum atomic E-state index is 11.3. The van der Waals surface area contributed by atoms with Gasteiger partial charge in [-0.1, -0.05) is 15.9 Å². The molecule has 0 saturated heterocycles. The van der Waals surface area contributed by atoms with Crippen LogP contribution in [0.15, 0.2) is 16.6 Å². The van der Waals surface area contributed by atoms with E-state index >= 15 is 0 Å². The molecular weight excluding hydrogens is 286 g/mol. The minimum absolute atomic E-state index is 0.00907. The van der Waals surface area contributed by atoms with Crippen LogP contribution >= 0.6 is 15.9 Å². The molecule has 1 aromatic carbocycles. The Hall–Kier alpha value is -1.67. The summed E-state index contributed by atoms with van der Waals surface area (Å²) in [6, 6.07) is 5.03. The molecule has 0 bridgehead atoms. The largest absolute Gasteiger partial charge is 0.466 e. The molecule has 0 N–H and O–H groups in total. The van der Waals surface area contributed by atoms with Crippen LogP contribution in [0.4, 0.5) is 0 Å². The lowest BCUT2D eigenvalue weighted by Gasteiger charge is -2.06. The fourth-order valence-electron chi connectivity index (χ4n) is 1.35. The summed E-state index contributed by atoms with van der Waals surface area (Å²) in [4.78, 5) is 22.1. The van der Waals surface area contributed by atoms with Crippen LogP contribution in [-0.4, -0.2) is 18.9 Å². The zero-order valence-electron chi connectivity index (χ0n) is 9.20. The van der Waals surface area contributed by atoms with Gasteiger partial charge in [-0.05, 0) is 24.6 Å². The Labute approximate surface area is 107 Å². The predicted octanol–water partition coefficient (Wildman–Crippen LogP) is 2.24. The van der Waals surface area contributed by atoms with Crippen molar-refractivity contribution in [2.75, 3.05) is 6.61 Å². The highest BCUT2D eigenvalue weighted by molar-refractivity contribution is 9.10. The Morgan fingerprint density at radius 3 is 2.82 bits per heavy atom. The third-order valence-corrected chi connectivity index (χ3v) is 2.80. The van der Waals surface area contributed by atoms with Gasteiger partial charge in [-0.25, -0.2) is 0 Å². The number of halogens is 1. The number of nitrogens with zero attached hydrogens (tertiary/aromatic N) is 1. The summed E-state index contributed by atoms with van der Waals surface area (Å²) < 4.78 is 5.34. The van der Waals surface area contributed by atoms with Gasteiger partial charge in [0.25, 0.3) is 0 Å². The topological polar surface area (TPSA) is 67.2 Å². The molecule has 0 fully saturated rings. The van der Waals surface area contributed by atoms with E-state index in [1.807, 2.05) is 6.07 Å². The van der Waals surface area contributed by atoms with Crippen molar-refractivity contribution in [1.29, 1.82) is 5.26 Å². The Bertz CT molecular complexity index is 491. The highest BCUT2D eigenvalue weighted by Gasteiger charge is 2.12. The molecule has 88 valence electrons. The van der Waals surface area contributed by atoms with Gasteiger partial charge in [0.1, 0.15) is 0 Å². The summed E-state index contributed by atoms with van der Waals surface area (Å²) >= 11 is 3.18. The van der Waals surface area contributed by atoms with Crippen LogP contribution in [0, 0.1) is 11.3 Å². The van der Waals surface area contributed by atoms with Crippen molar-refractivity contribution in [2.45, 2.75) is 13.3 Å². The number of esters is 1. The number of carbonyl (C=O) groups excluding carboxylic acids is 2. The summed E-state index contributed by atoms with van der Waals surface area (Å²) in [6.07, 6.45) is 0.657. The second kappa shape index (κ2) is 6.16. The fourth-order valence-corrected chi connectivity index (χ4v) is 1.78. The van der Waals surface area contributed by atoms with Gasteiger partial charge in [-0.2, -0.15) is 5.26 Å². The zero-order valence-corrected chi connectivity index (χ0v) is 10.8. The SMILES string of the molecule is CCOC(=O)Cc1cc(C=O)c(Br)cc1C#N. The lowest BCUT2D eigenvalue weighted by atomic mass is 10.0. The van der Waals surface area contributed by atoms with Crippen LogP contribution in [0.5, 0.6) is 0 Å². The summed E-state index contributed by atoms with van der Waals surface area (Å²) in [6.45, 7) is 2.00. The van der Waals surface area contributed by atoms with Crippen molar-refractivity contribution in [3.8, 4) is 6.07 Å². The monoisotopic (exact) mass is 295 g/mol. The molecule has 0 saturated carbocycles. The van der Waals surface area contributed by atoms with Crippen molar-refractivity contribution in [3.05, 3.63) is 33.3 Å². The van der Waals surface area contributed by atoms with E-state index in [4.69, 9.17) is 10.00 Å². The Balaban J connectivity index is 3.09. The number of rotatable bonds is 4. The van der Waals surface area contributed by atoms with E-state index in [0.29, 0.717) is 27.4 Å². The van der Waals surface area contributed by atoms with E-state index in [-0.39, 0.29) is 13.0 Å². The first-order chi connectivity index (χ1) is 8.12. The van der Waals surface area contributed by atoms with Crippen molar-refractivity contribution in [3.63, 3.8) is 0 Å². The predicted molar refractivity (Wildman–Crippen MR) is 64.6 cm³/mol. The number of benzene rings is 1. The molecule has 1 rings (SSSR count). The quantitative estimate of drug-likeness (QED) is 0.631. The molecule has 0 spiro atoms. The van der Waals surface area contributed by atoms with Gasteiger partial charge in [0.2, 0.25) is 0 Å². The molecule has 0 amide bonds. The van der Waals surface area contributed by atoms with E-state index in [2.05, 4.69) is 15.9 Å². The standard InChI is InChI=1S/C12H10BrNO3/c1-2-17-12(16)5-8-3-10(7-15)11(13)4-9(8)6-14/h3-4,7H,2,5H2,1H3. The third kappa shape index (κ3) is 3.40. The lowest BCUT2D eigenvalue weighted by Crippen LogP contribution is -2.09. The molecule has 4 nitrogen and oxygen atoms in total. The molecule has 0 aliphatic heterocycles. The Morgan fingerprint density at radius 1 is 1.59 bits per heavy atom. The first-order valence-electron chi connectivity index (χ1n) is 4.95. The molecule has 0 radical (unpaired) electrons. The molecule has 0 atom stereocenters.